The molecular weight excluding hydrogens is 170 g/mol. The van der Waals surface area contributed by atoms with Gasteiger partial charge in [0, 0.05) is 0 Å². The third-order valence-corrected chi connectivity index (χ3v) is 4.93. The summed E-state index contributed by atoms with van der Waals surface area (Å²) in [7, 11) is 0. The van der Waals surface area contributed by atoms with E-state index in [1.165, 1.54) is 38.5 Å². The molecule has 4 fully saturated rings. The highest BCUT2D eigenvalue weighted by atomic mass is 14.9. The Bertz CT molecular complexity index is 276. The van der Waals surface area contributed by atoms with Crippen LogP contribution in [-0.2, 0) is 0 Å². The summed E-state index contributed by atoms with van der Waals surface area (Å²) in [4.78, 5) is 4.52. The Balaban J connectivity index is 2.05. The molecule has 1 heteroatoms. The molecule has 4 rings (SSSR count). The quantitative estimate of drug-likeness (QED) is 0.563. The minimum Gasteiger partial charge on any atom is -0.294 e. The molecule has 78 valence electrons. The fraction of sp³-hybridized carbons (Fsp3) is 0.923. The zero-order chi connectivity index (χ0) is 10.0. The lowest BCUT2D eigenvalue weighted by molar-refractivity contribution is -0.103. The summed E-state index contributed by atoms with van der Waals surface area (Å²) < 4.78 is 0. The molecule has 0 heterocycles. The van der Waals surface area contributed by atoms with Crippen LogP contribution in [0.15, 0.2) is 4.99 Å². The van der Waals surface area contributed by atoms with Crippen LogP contribution in [0.4, 0.5) is 0 Å². The van der Waals surface area contributed by atoms with Gasteiger partial charge in [-0.25, -0.2) is 0 Å². The van der Waals surface area contributed by atoms with E-state index in [0.717, 1.165) is 5.92 Å². The van der Waals surface area contributed by atoms with Gasteiger partial charge in [0.2, 0.25) is 0 Å². The van der Waals surface area contributed by atoms with Gasteiger partial charge >= 0.3 is 0 Å². The third-order valence-electron chi connectivity index (χ3n) is 4.93. The molecule has 0 aromatic heterocycles. The van der Waals surface area contributed by atoms with E-state index >= 15 is 0 Å². The Morgan fingerprint density at radius 1 is 1.00 bits per heavy atom. The standard InChI is InChI=1S/C13H21N/c1-11-4-10-5-12(2,7-11)9-13(6-10,8-11)14-3/h10H,3-9H2,1-2H3. The van der Waals surface area contributed by atoms with Crippen molar-refractivity contribution < 1.29 is 0 Å². The lowest BCUT2D eigenvalue weighted by Gasteiger charge is -2.64. The highest BCUT2D eigenvalue weighted by Crippen LogP contribution is 2.67. The third kappa shape index (κ3) is 1.04. The minimum atomic E-state index is 0.281. The van der Waals surface area contributed by atoms with Crippen molar-refractivity contribution in [2.45, 2.75) is 57.9 Å². The summed E-state index contributed by atoms with van der Waals surface area (Å²) in [6.07, 6.45) is 8.32. The van der Waals surface area contributed by atoms with E-state index in [-0.39, 0.29) is 5.54 Å². The molecule has 4 bridgehead atoms. The zero-order valence-electron chi connectivity index (χ0n) is 9.47. The second kappa shape index (κ2) is 2.25. The fourth-order valence-corrected chi connectivity index (χ4v) is 5.56. The first-order chi connectivity index (χ1) is 6.47. The Morgan fingerprint density at radius 3 is 2.00 bits per heavy atom. The van der Waals surface area contributed by atoms with E-state index < -0.39 is 0 Å². The average molecular weight is 191 g/mol. The molecule has 0 aromatic carbocycles. The van der Waals surface area contributed by atoms with Gasteiger partial charge in [-0.15, -0.1) is 0 Å². The summed E-state index contributed by atoms with van der Waals surface area (Å²) in [5.41, 5.74) is 1.47. The Hall–Kier alpha value is -0.330. The maximum absolute atomic E-state index is 4.52. The summed E-state index contributed by atoms with van der Waals surface area (Å²) in [5.74, 6) is 0.951. The van der Waals surface area contributed by atoms with Gasteiger partial charge < -0.3 is 0 Å². The molecule has 1 nitrogen and oxygen atoms in total. The predicted octanol–water partition coefficient (Wildman–Crippen LogP) is 3.44. The molecule has 4 aliphatic rings. The topological polar surface area (TPSA) is 12.4 Å². The number of rotatable bonds is 1. The van der Waals surface area contributed by atoms with Gasteiger partial charge in [-0.1, -0.05) is 13.8 Å². The van der Waals surface area contributed by atoms with Crippen LogP contribution in [0, 0.1) is 16.7 Å². The van der Waals surface area contributed by atoms with Crippen LogP contribution in [0.3, 0.4) is 0 Å². The lowest BCUT2D eigenvalue weighted by Crippen LogP contribution is -2.57. The molecule has 4 aliphatic carbocycles. The van der Waals surface area contributed by atoms with Gasteiger partial charge in [0.1, 0.15) is 0 Å². The van der Waals surface area contributed by atoms with Crippen molar-refractivity contribution in [1.82, 2.24) is 0 Å². The molecule has 0 radical (unpaired) electrons. The number of aliphatic imine (C=N–C) groups is 1. The molecule has 14 heavy (non-hydrogen) atoms. The summed E-state index contributed by atoms with van der Waals surface area (Å²) in [6, 6.07) is 0. The highest BCUT2D eigenvalue weighted by Gasteiger charge is 2.59. The van der Waals surface area contributed by atoms with Crippen molar-refractivity contribution in [3.63, 3.8) is 0 Å². The van der Waals surface area contributed by atoms with E-state index in [1.54, 1.807) is 0 Å². The van der Waals surface area contributed by atoms with Crippen LogP contribution in [0.2, 0.25) is 0 Å². The van der Waals surface area contributed by atoms with E-state index in [1.807, 2.05) is 0 Å². The number of hydrogen-bond donors (Lipinski definition) is 0. The van der Waals surface area contributed by atoms with Crippen LogP contribution < -0.4 is 0 Å². The van der Waals surface area contributed by atoms with Crippen LogP contribution in [0.5, 0.6) is 0 Å². The van der Waals surface area contributed by atoms with Crippen molar-refractivity contribution in [3.8, 4) is 0 Å². The first kappa shape index (κ1) is 8.94. The van der Waals surface area contributed by atoms with Gasteiger partial charge in [0.05, 0.1) is 5.54 Å². The number of nitrogens with zero attached hydrogens (tertiary/aromatic N) is 1. The molecule has 0 aromatic rings. The Kier molecular flexibility index (Phi) is 1.44. The van der Waals surface area contributed by atoms with Gasteiger partial charge in [-0.3, -0.25) is 4.99 Å². The first-order valence-corrected chi connectivity index (χ1v) is 5.95. The van der Waals surface area contributed by atoms with Gasteiger partial charge in [-0.2, -0.15) is 0 Å². The van der Waals surface area contributed by atoms with E-state index in [0.29, 0.717) is 10.8 Å². The summed E-state index contributed by atoms with van der Waals surface area (Å²) in [5, 5.41) is 0. The monoisotopic (exact) mass is 191 g/mol. The van der Waals surface area contributed by atoms with Crippen molar-refractivity contribution in [2.75, 3.05) is 0 Å². The van der Waals surface area contributed by atoms with Crippen LogP contribution in [-0.4, -0.2) is 12.3 Å². The van der Waals surface area contributed by atoms with Crippen LogP contribution in [0.25, 0.3) is 0 Å². The van der Waals surface area contributed by atoms with Crippen molar-refractivity contribution in [1.29, 1.82) is 0 Å². The molecule has 0 aliphatic heterocycles. The SMILES string of the molecule is C=NC12CC3CC(C)(CC(C)(C3)C1)C2. The molecule has 2 unspecified atom stereocenters. The normalized spacial score (nSPS) is 60.3. The zero-order valence-corrected chi connectivity index (χ0v) is 9.47. The number of hydrogen-bond acceptors (Lipinski definition) is 1. The molecule has 2 atom stereocenters. The molecule has 0 N–H and O–H groups in total. The summed E-state index contributed by atoms with van der Waals surface area (Å²) in [6.45, 7) is 8.83. The largest absolute Gasteiger partial charge is 0.294 e. The predicted molar refractivity (Wildman–Crippen MR) is 59.7 cm³/mol. The molecule has 0 spiro atoms. The minimum absolute atomic E-state index is 0.281. The van der Waals surface area contributed by atoms with Crippen molar-refractivity contribution in [2.24, 2.45) is 21.7 Å². The first-order valence-electron chi connectivity index (χ1n) is 5.95. The highest BCUT2D eigenvalue weighted by molar-refractivity contribution is 5.29. The van der Waals surface area contributed by atoms with E-state index in [9.17, 15) is 0 Å². The van der Waals surface area contributed by atoms with Gasteiger partial charge in [0.25, 0.3) is 0 Å². The van der Waals surface area contributed by atoms with E-state index in [2.05, 4.69) is 25.6 Å². The lowest BCUT2D eigenvalue weighted by atomic mass is 9.43. The molecule has 0 amide bonds. The Labute approximate surface area is 87.0 Å². The maximum atomic E-state index is 4.52. The summed E-state index contributed by atoms with van der Waals surface area (Å²) >= 11 is 0. The van der Waals surface area contributed by atoms with Gasteiger partial charge in [-0.05, 0) is 62.0 Å². The Morgan fingerprint density at radius 2 is 1.57 bits per heavy atom. The smallest absolute Gasteiger partial charge is 0.0614 e. The van der Waals surface area contributed by atoms with Crippen LogP contribution in [0.1, 0.15) is 52.4 Å². The average Bonchev–Trinajstić information content (AvgIpc) is 1.97. The van der Waals surface area contributed by atoms with Crippen LogP contribution >= 0.6 is 0 Å². The molecule has 4 saturated carbocycles. The van der Waals surface area contributed by atoms with Crippen molar-refractivity contribution >= 4 is 6.72 Å². The van der Waals surface area contributed by atoms with Gasteiger partial charge in [0.15, 0.2) is 0 Å². The van der Waals surface area contributed by atoms with Crippen molar-refractivity contribution in [3.05, 3.63) is 0 Å². The molecule has 0 saturated heterocycles. The maximum Gasteiger partial charge on any atom is 0.0614 e. The second-order valence-corrected chi connectivity index (χ2v) is 7.01. The molecular formula is C13H21N. The fourth-order valence-electron chi connectivity index (χ4n) is 5.56. The van der Waals surface area contributed by atoms with E-state index in [4.69, 9.17) is 0 Å². The second-order valence-electron chi connectivity index (χ2n) is 7.01.